The van der Waals surface area contributed by atoms with E-state index in [-0.39, 0.29) is 0 Å². The lowest BCUT2D eigenvalue weighted by molar-refractivity contribution is 0.302. The van der Waals surface area contributed by atoms with Crippen molar-refractivity contribution in [3.8, 4) is 0 Å². The Morgan fingerprint density at radius 1 is 1.14 bits per heavy atom. The number of fused-ring (bicyclic) bond motifs is 1. The number of aryl methyl sites for hydroxylation is 2. The second-order valence-electron chi connectivity index (χ2n) is 8.62. The zero-order valence-corrected chi connectivity index (χ0v) is 17.9. The quantitative estimate of drug-likeness (QED) is 0.543. The summed E-state index contributed by atoms with van der Waals surface area (Å²) in [7, 11) is 0. The van der Waals surface area contributed by atoms with Crippen LogP contribution >= 0.6 is 0 Å². The summed E-state index contributed by atoms with van der Waals surface area (Å²) in [5.74, 6) is 0.979. The van der Waals surface area contributed by atoms with E-state index in [0.29, 0.717) is 0 Å². The van der Waals surface area contributed by atoms with Gasteiger partial charge in [-0.05, 0) is 62.1 Å². The molecule has 2 aromatic rings. The Morgan fingerprint density at radius 3 is 2.83 bits per heavy atom. The van der Waals surface area contributed by atoms with E-state index >= 15 is 0 Å². The molecule has 0 amide bonds. The van der Waals surface area contributed by atoms with Crippen molar-refractivity contribution in [3.63, 3.8) is 0 Å². The Labute approximate surface area is 175 Å². The molecule has 1 saturated carbocycles. The summed E-state index contributed by atoms with van der Waals surface area (Å²) in [6.45, 7) is 4.18. The number of aromatic nitrogens is 1. The molecule has 1 aromatic carbocycles. The van der Waals surface area contributed by atoms with E-state index in [0.717, 1.165) is 43.8 Å². The molecule has 1 aliphatic heterocycles. The normalized spacial score (nSPS) is 17.3. The van der Waals surface area contributed by atoms with Crippen LogP contribution in [0.5, 0.6) is 0 Å². The zero-order valence-electron chi connectivity index (χ0n) is 17.9. The van der Waals surface area contributed by atoms with Crippen molar-refractivity contribution in [2.75, 3.05) is 13.1 Å². The SMILES string of the molecule is Cc1nc2ccccc2c(CCCN2C=CCN2)c1C/C=C/CCC1CCCC1. The lowest BCUT2D eigenvalue weighted by Crippen LogP contribution is -2.29. The lowest BCUT2D eigenvalue weighted by Gasteiger charge is -2.18. The van der Waals surface area contributed by atoms with Crippen molar-refractivity contribution >= 4 is 10.9 Å². The van der Waals surface area contributed by atoms with Gasteiger partial charge in [0.2, 0.25) is 0 Å². The van der Waals surface area contributed by atoms with Crippen LogP contribution in [0.15, 0.2) is 48.7 Å². The number of hydrogen-bond donors (Lipinski definition) is 1. The summed E-state index contributed by atoms with van der Waals surface area (Å²) in [6, 6.07) is 8.64. The first kappa shape index (κ1) is 20.2. The monoisotopic (exact) mass is 389 g/mol. The smallest absolute Gasteiger partial charge is 0.0708 e. The summed E-state index contributed by atoms with van der Waals surface area (Å²) in [5.41, 5.74) is 8.63. The lowest BCUT2D eigenvalue weighted by atomic mass is 9.94. The Balaban J connectivity index is 1.45. The molecule has 0 saturated heterocycles. The molecular formula is C26H35N3. The van der Waals surface area contributed by atoms with Crippen LogP contribution < -0.4 is 5.43 Å². The highest BCUT2D eigenvalue weighted by Crippen LogP contribution is 2.29. The minimum Gasteiger partial charge on any atom is -0.316 e. The number of pyridine rings is 1. The molecule has 0 unspecified atom stereocenters. The Kier molecular flexibility index (Phi) is 7.00. The van der Waals surface area contributed by atoms with Gasteiger partial charge in [0.25, 0.3) is 0 Å². The highest BCUT2D eigenvalue weighted by atomic mass is 15.5. The number of benzene rings is 1. The molecule has 2 aliphatic rings. The second-order valence-corrected chi connectivity index (χ2v) is 8.62. The van der Waals surface area contributed by atoms with Gasteiger partial charge in [-0.25, -0.2) is 5.43 Å². The third-order valence-electron chi connectivity index (χ3n) is 6.55. The van der Waals surface area contributed by atoms with Crippen molar-refractivity contribution in [2.45, 2.75) is 64.7 Å². The van der Waals surface area contributed by atoms with E-state index in [2.05, 4.69) is 66.1 Å². The third-order valence-corrected chi connectivity index (χ3v) is 6.55. The van der Waals surface area contributed by atoms with E-state index in [1.165, 1.54) is 60.7 Å². The maximum absolute atomic E-state index is 4.92. The van der Waals surface area contributed by atoms with Crippen LogP contribution in [0.3, 0.4) is 0 Å². The largest absolute Gasteiger partial charge is 0.316 e. The fourth-order valence-corrected chi connectivity index (χ4v) is 4.94. The summed E-state index contributed by atoms with van der Waals surface area (Å²) in [6.07, 6.45) is 20.8. The highest BCUT2D eigenvalue weighted by molar-refractivity contribution is 5.83. The number of hydrogen-bond acceptors (Lipinski definition) is 3. The summed E-state index contributed by atoms with van der Waals surface area (Å²) in [4.78, 5) is 4.92. The molecule has 2 heterocycles. The van der Waals surface area contributed by atoms with Crippen LogP contribution in [0.2, 0.25) is 0 Å². The van der Waals surface area contributed by atoms with Crippen molar-refractivity contribution in [2.24, 2.45) is 5.92 Å². The minimum atomic E-state index is 0.953. The minimum absolute atomic E-state index is 0.953. The van der Waals surface area contributed by atoms with Crippen LogP contribution in [-0.4, -0.2) is 23.1 Å². The molecular weight excluding hydrogens is 354 g/mol. The fraction of sp³-hybridized carbons (Fsp3) is 0.500. The van der Waals surface area contributed by atoms with Gasteiger partial charge in [0.15, 0.2) is 0 Å². The molecule has 0 bridgehead atoms. The van der Waals surface area contributed by atoms with Crippen LogP contribution in [0.4, 0.5) is 0 Å². The maximum atomic E-state index is 4.92. The standard InChI is InChI=1S/C26H35N3/c1-21-23(14-4-2-3-11-22-12-5-6-13-22)24(16-9-19-29-20-10-18-27-29)25-15-7-8-17-26(25)28-21/h2,4,7-8,10,15,17,20,22,27H,3,5-6,9,11-14,16,18-19H2,1H3/b4-2+. The average Bonchev–Trinajstić information content (AvgIpc) is 3.43. The molecule has 0 radical (unpaired) electrons. The molecule has 1 N–H and O–H groups in total. The Morgan fingerprint density at radius 2 is 2.00 bits per heavy atom. The molecule has 0 atom stereocenters. The topological polar surface area (TPSA) is 28.2 Å². The van der Waals surface area contributed by atoms with Gasteiger partial charge < -0.3 is 5.01 Å². The summed E-state index contributed by atoms with van der Waals surface area (Å²) in [5, 5.41) is 3.54. The first-order valence-corrected chi connectivity index (χ1v) is 11.5. The highest BCUT2D eigenvalue weighted by Gasteiger charge is 2.14. The predicted octanol–water partition coefficient (Wildman–Crippen LogP) is 5.88. The zero-order chi connectivity index (χ0) is 19.9. The van der Waals surface area contributed by atoms with Gasteiger partial charge in [0.1, 0.15) is 0 Å². The number of para-hydroxylation sites is 1. The van der Waals surface area contributed by atoms with Crippen molar-refractivity contribution in [1.29, 1.82) is 0 Å². The second kappa shape index (κ2) is 10.1. The van der Waals surface area contributed by atoms with Crippen LogP contribution in [0.25, 0.3) is 10.9 Å². The molecule has 1 aliphatic carbocycles. The maximum Gasteiger partial charge on any atom is 0.0708 e. The molecule has 29 heavy (non-hydrogen) atoms. The van der Waals surface area contributed by atoms with Crippen molar-refractivity contribution < 1.29 is 0 Å². The third kappa shape index (κ3) is 5.27. The first-order chi connectivity index (χ1) is 14.3. The average molecular weight is 390 g/mol. The molecule has 3 heteroatoms. The fourth-order valence-electron chi connectivity index (χ4n) is 4.94. The summed E-state index contributed by atoms with van der Waals surface area (Å²) >= 11 is 0. The number of nitrogens with zero attached hydrogens (tertiary/aromatic N) is 2. The van der Waals surface area contributed by atoms with Crippen molar-refractivity contribution in [3.05, 3.63) is 65.5 Å². The number of hydrazine groups is 1. The number of nitrogens with one attached hydrogen (secondary N) is 1. The van der Waals surface area contributed by atoms with Crippen LogP contribution in [-0.2, 0) is 12.8 Å². The van der Waals surface area contributed by atoms with E-state index < -0.39 is 0 Å². The van der Waals surface area contributed by atoms with E-state index in [1.807, 2.05) is 0 Å². The van der Waals surface area contributed by atoms with Gasteiger partial charge in [-0.2, -0.15) is 0 Å². The summed E-state index contributed by atoms with van der Waals surface area (Å²) < 4.78 is 0. The number of rotatable bonds is 9. The van der Waals surface area contributed by atoms with Gasteiger partial charge in [0, 0.05) is 30.4 Å². The van der Waals surface area contributed by atoms with E-state index in [9.17, 15) is 0 Å². The molecule has 3 nitrogen and oxygen atoms in total. The molecule has 1 fully saturated rings. The van der Waals surface area contributed by atoms with Gasteiger partial charge >= 0.3 is 0 Å². The molecule has 0 spiro atoms. The van der Waals surface area contributed by atoms with Gasteiger partial charge in [-0.1, -0.05) is 62.1 Å². The van der Waals surface area contributed by atoms with E-state index in [4.69, 9.17) is 4.98 Å². The number of allylic oxidation sites excluding steroid dienone is 2. The Hall–Kier alpha value is -2.13. The van der Waals surface area contributed by atoms with Crippen LogP contribution in [0, 0.1) is 12.8 Å². The van der Waals surface area contributed by atoms with Gasteiger partial charge in [0.05, 0.1) is 5.52 Å². The Bertz CT molecular complexity index is 862. The molecule has 1 aromatic heterocycles. The van der Waals surface area contributed by atoms with Crippen LogP contribution in [0.1, 0.15) is 61.8 Å². The van der Waals surface area contributed by atoms with Gasteiger partial charge in [-0.15, -0.1) is 0 Å². The molecule has 4 rings (SSSR count). The predicted molar refractivity (Wildman–Crippen MR) is 123 cm³/mol. The molecule has 154 valence electrons. The van der Waals surface area contributed by atoms with Crippen molar-refractivity contribution in [1.82, 2.24) is 15.4 Å². The van der Waals surface area contributed by atoms with E-state index in [1.54, 1.807) is 0 Å². The van der Waals surface area contributed by atoms with Gasteiger partial charge in [-0.3, -0.25) is 4.98 Å². The first-order valence-electron chi connectivity index (χ1n) is 11.5.